The molecular weight excluding hydrogens is 541 g/mol. The van der Waals surface area contributed by atoms with Crippen molar-refractivity contribution in [2.45, 2.75) is 49.3 Å². The van der Waals surface area contributed by atoms with E-state index in [4.69, 9.17) is 4.74 Å². The van der Waals surface area contributed by atoms with Crippen LogP contribution >= 0.6 is 11.8 Å². The van der Waals surface area contributed by atoms with Crippen LogP contribution in [0.1, 0.15) is 49.3 Å². The number of aliphatic hydroxyl groups excluding tert-OH is 1. The molecule has 10 heteroatoms. The van der Waals surface area contributed by atoms with E-state index in [1.165, 1.54) is 23.9 Å². The van der Waals surface area contributed by atoms with Crippen molar-refractivity contribution in [2.24, 2.45) is 11.8 Å². The molecule has 1 unspecified atom stereocenters. The van der Waals surface area contributed by atoms with Crippen molar-refractivity contribution < 1.29 is 32.9 Å². The summed E-state index contributed by atoms with van der Waals surface area (Å²) < 4.78 is 44.4. The highest BCUT2D eigenvalue weighted by Crippen LogP contribution is 2.36. The lowest BCUT2D eigenvalue weighted by atomic mass is 9.79. The van der Waals surface area contributed by atoms with Crippen molar-refractivity contribution in [1.82, 2.24) is 9.88 Å². The average molecular weight is 577 g/mol. The third kappa shape index (κ3) is 8.11. The third-order valence-electron chi connectivity index (χ3n) is 7.69. The number of aromatic nitrogens is 1. The number of carboxylic acid groups (broad SMARTS) is 1. The quantitative estimate of drug-likeness (QED) is 0.233. The molecule has 2 aromatic carbocycles. The lowest BCUT2D eigenvalue weighted by Gasteiger charge is -2.39. The molecule has 216 valence electrons. The Balaban J connectivity index is 1.34. The van der Waals surface area contributed by atoms with Crippen LogP contribution in [0.5, 0.6) is 5.75 Å². The number of carbonyl (C=O) groups is 1. The summed E-state index contributed by atoms with van der Waals surface area (Å²) >= 11 is 1.40. The maximum absolute atomic E-state index is 13.0. The minimum atomic E-state index is -4.36. The zero-order valence-corrected chi connectivity index (χ0v) is 23.3. The van der Waals surface area contributed by atoms with Gasteiger partial charge >= 0.3 is 12.1 Å². The molecule has 0 aliphatic carbocycles. The number of likely N-dealkylation sites (tertiary alicyclic amines) is 1. The van der Waals surface area contributed by atoms with E-state index in [2.05, 4.69) is 9.88 Å². The van der Waals surface area contributed by atoms with E-state index < -0.39 is 23.8 Å². The van der Waals surface area contributed by atoms with Crippen LogP contribution in [0.4, 0.5) is 13.2 Å². The Labute approximate surface area is 236 Å². The van der Waals surface area contributed by atoms with Crippen LogP contribution in [0.2, 0.25) is 0 Å². The SMILES string of the molecule is COc1ccc2nccc(C(O)CC[C@@H]3CCN(CCSc4cccc(C(F)(F)F)c4)C[C@@H]3CCC(=O)O)c2c1. The molecule has 0 spiro atoms. The van der Waals surface area contributed by atoms with E-state index >= 15 is 0 Å². The maximum atomic E-state index is 13.0. The van der Waals surface area contributed by atoms with Crippen LogP contribution in [-0.4, -0.2) is 58.6 Å². The average Bonchev–Trinajstić information content (AvgIpc) is 2.94. The van der Waals surface area contributed by atoms with Crippen LogP contribution < -0.4 is 4.74 Å². The van der Waals surface area contributed by atoms with Crippen molar-refractivity contribution >= 4 is 28.6 Å². The molecule has 0 radical (unpaired) electrons. The molecule has 3 atom stereocenters. The lowest BCUT2D eigenvalue weighted by molar-refractivity contribution is -0.138. The Kier molecular flexibility index (Phi) is 10.3. The van der Waals surface area contributed by atoms with E-state index in [0.29, 0.717) is 35.8 Å². The van der Waals surface area contributed by atoms with Crippen molar-refractivity contribution in [3.8, 4) is 5.75 Å². The minimum absolute atomic E-state index is 0.0886. The summed E-state index contributed by atoms with van der Waals surface area (Å²) in [4.78, 5) is 18.6. The highest BCUT2D eigenvalue weighted by molar-refractivity contribution is 7.99. The van der Waals surface area contributed by atoms with Crippen molar-refractivity contribution in [3.63, 3.8) is 0 Å². The molecule has 0 amide bonds. The number of piperidine rings is 1. The van der Waals surface area contributed by atoms with E-state index in [-0.39, 0.29) is 18.3 Å². The molecule has 2 heterocycles. The highest BCUT2D eigenvalue weighted by atomic mass is 32.2. The van der Waals surface area contributed by atoms with Crippen LogP contribution in [-0.2, 0) is 11.0 Å². The van der Waals surface area contributed by atoms with Gasteiger partial charge in [0.05, 0.1) is 24.3 Å². The number of rotatable bonds is 12. The molecule has 1 aliphatic rings. The van der Waals surface area contributed by atoms with Gasteiger partial charge in [0.15, 0.2) is 0 Å². The fraction of sp³-hybridized carbons (Fsp3) is 0.467. The molecule has 40 heavy (non-hydrogen) atoms. The number of methoxy groups -OCH3 is 1. The predicted octanol–water partition coefficient (Wildman–Crippen LogP) is 6.67. The number of aliphatic hydroxyl groups is 1. The highest BCUT2D eigenvalue weighted by Gasteiger charge is 2.31. The number of nitrogens with zero attached hydrogens (tertiary/aromatic N) is 2. The molecule has 0 saturated carbocycles. The van der Waals surface area contributed by atoms with Crippen LogP contribution in [0, 0.1) is 11.8 Å². The number of benzene rings is 2. The summed E-state index contributed by atoms with van der Waals surface area (Å²) in [5.41, 5.74) is 0.941. The zero-order valence-electron chi connectivity index (χ0n) is 22.4. The molecule has 2 N–H and O–H groups in total. The number of hydrogen-bond donors (Lipinski definition) is 2. The van der Waals surface area contributed by atoms with Gasteiger partial charge in [-0.15, -0.1) is 11.8 Å². The number of ether oxygens (including phenoxy) is 1. The van der Waals surface area contributed by atoms with Gasteiger partial charge in [-0.1, -0.05) is 6.07 Å². The monoisotopic (exact) mass is 576 g/mol. The summed E-state index contributed by atoms with van der Waals surface area (Å²) in [6.45, 7) is 2.29. The largest absolute Gasteiger partial charge is 0.497 e. The summed E-state index contributed by atoms with van der Waals surface area (Å²) in [5.74, 6) is 0.970. The molecule has 6 nitrogen and oxygen atoms in total. The van der Waals surface area contributed by atoms with Crippen molar-refractivity contribution in [1.29, 1.82) is 0 Å². The summed E-state index contributed by atoms with van der Waals surface area (Å²) in [6, 6.07) is 12.8. The molecule has 4 rings (SSSR count). The van der Waals surface area contributed by atoms with Crippen LogP contribution in [0.25, 0.3) is 10.9 Å². The second kappa shape index (κ2) is 13.7. The van der Waals surface area contributed by atoms with Gasteiger partial charge in [0.2, 0.25) is 0 Å². The van der Waals surface area contributed by atoms with Gasteiger partial charge in [-0.05, 0) is 92.1 Å². The molecule has 3 aromatic rings. The Morgan fingerprint density at radius 3 is 2.75 bits per heavy atom. The molecule has 1 aliphatic heterocycles. The fourth-order valence-electron chi connectivity index (χ4n) is 5.52. The van der Waals surface area contributed by atoms with Crippen molar-refractivity contribution in [2.75, 3.05) is 32.5 Å². The number of alkyl halides is 3. The Hall–Kier alpha value is -2.82. The summed E-state index contributed by atoms with van der Waals surface area (Å²) in [5, 5.41) is 21.3. The fourth-order valence-corrected chi connectivity index (χ4v) is 6.49. The zero-order chi connectivity index (χ0) is 28.7. The normalized spacial score (nSPS) is 19.0. The second-order valence-corrected chi connectivity index (χ2v) is 11.5. The first-order valence-electron chi connectivity index (χ1n) is 13.5. The smallest absolute Gasteiger partial charge is 0.416 e. The maximum Gasteiger partial charge on any atom is 0.416 e. The lowest BCUT2D eigenvalue weighted by Crippen LogP contribution is -2.41. The number of fused-ring (bicyclic) bond motifs is 1. The number of aliphatic carboxylic acids is 1. The second-order valence-electron chi connectivity index (χ2n) is 10.3. The number of hydrogen-bond acceptors (Lipinski definition) is 6. The molecule has 1 fully saturated rings. The molecule has 0 bridgehead atoms. The first kappa shape index (κ1) is 30.1. The molecule has 1 aromatic heterocycles. The van der Waals surface area contributed by atoms with E-state index in [1.54, 1.807) is 19.4 Å². The van der Waals surface area contributed by atoms with E-state index in [0.717, 1.165) is 48.5 Å². The number of thioether (sulfide) groups is 1. The molecular formula is C30H35F3N2O4S. The Morgan fingerprint density at radius 2 is 2.00 bits per heavy atom. The first-order valence-corrected chi connectivity index (χ1v) is 14.5. The predicted molar refractivity (Wildman–Crippen MR) is 150 cm³/mol. The summed E-state index contributed by atoms with van der Waals surface area (Å²) in [7, 11) is 1.60. The number of carboxylic acids is 1. The van der Waals surface area contributed by atoms with Gasteiger partial charge in [0, 0.05) is 41.7 Å². The van der Waals surface area contributed by atoms with Gasteiger partial charge in [-0.25, -0.2) is 0 Å². The van der Waals surface area contributed by atoms with Crippen LogP contribution in [0.3, 0.4) is 0 Å². The molecule has 1 saturated heterocycles. The van der Waals surface area contributed by atoms with Gasteiger partial charge in [0.1, 0.15) is 5.75 Å². The number of pyridine rings is 1. The topological polar surface area (TPSA) is 82.9 Å². The first-order chi connectivity index (χ1) is 19.1. The van der Waals surface area contributed by atoms with Gasteiger partial charge in [-0.3, -0.25) is 9.78 Å². The summed E-state index contributed by atoms with van der Waals surface area (Å²) in [6.07, 6.45) is -0.494. The van der Waals surface area contributed by atoms with E-state index in [1.807, 2.05) is 24.3 Å². The Morgan fingerprint density at radius 1 is 1.18 bits per heavy atom. The van der Waals surface area contributed by atoms with Gasteiger partial charge in [-0.2, -0.15) is 13.2 Å². The Bertz CT molecular complexity index is 1290. The van der Waals surface area contributed by atoms with Gasteiger partial charge in [0.25, 0.3) is 0 Å². The van der Waals surface area contributed by atoms with Gasteiger partial charge < -0.3 is 19.8 Å². The third-order valence-corrected chi connectivity index (χ3v) is 8.67. The standard InChI is InChI=1S/C30H35F3N2O4S/c1-39-23-7-8-27-26(18-23)25(11-13-34-27)28(36)9-5-20-12-14-35(19-21(20)6-10-29(37)38)15-16-40-24-4-2-3-22(17-24)30(31,32)33/h2-4,7-8,11,13,17-18,20-21,28,36H,5-6,9-10,12,14-16,19H2,1H3,(H,37,38)/t20-,21+,28?/m1/s1. The minimum Gasteiger partial charge on any atom is -0.497 e. The van der Waals surface area contributed by atoms with E-state index in [9.17, 15) is 28.2 Å². The van der Waals surface area contributed by atoms with Crippen LogP contribution in [0.15, 0.2) is 59.6 Å². The van der Waals surface area contributed by atoms with Crippen molar-refractivity contribution in [3.05, 3.63) is 65.9 Å². The number of halogens is 3.